The lowest BCUT2D eigenvalue weighted by Gasteiger charge is -2.47. The Bertz CT molecular complexity index is 1660. The van der Waals surface area contributed by atoms with Crippen LogP contribution < -0.4 is 5.32 Å². The molecule has 0 radical (unpaired) electrons. The highest BCUT2D eigenvalue weighted by Crippen LogP contribution is 2.46. The Labute approximate surface area is 312 Å². The highest BCUT2D eigenvalue weighted by atomic mass is 32.2. The zero-order chi connectivity index (χ0) is 38.3. The molecule has 0 aromatic heterocycles. The van der Waals surface area contributed by atoms with E-state index in [1.165, 1.54) is 26.4 Å². The maximum Gasteiger partial charge on any atom is 0.270 e. The number of hydrogen-bond acceptors (Lipinski definition) is 14. The first-order chi connectivity index (χ1) is 24.9. The van der Waals surface area contributed by atoms with Crippen LogP contribution in [0.2, 0.25) is 0 Å². The predicted molar refractivity (Wildman–Crippen MR) is 192 cm³/mol. The molecule has 0 aromatic carbocycles. The van der Waals surface area contributed by atoms with Crippen LogP contribution in [0.1, 0.15) is 103 Å². The van der Waals surface area contributed by atoms with E-state index in [1.54, 1.807) is 0 Å². The van der Waals surface area contributed by atoms with Gasteiger partial charge in [-0.3, -0.25) is 13.7 Å². The van der Waals surface area contributed by atoms with E-state index in [0.29, 0.717) is 31.7 Å². The molecular formula is C33H57N5O12S3. The smallest absolute Gasteiger partial charge is 0.270 e. The van der Waals surface area contributed by atoms with Crippen LogP contribution >= 0.6 is 0 Å². The topological polar surface area (TPSA) is 274 Å². The quantitative estimate of drug-likeness (QED) is 0.137. The summed E-state index contributed by atoms with van der Waals surface area (Å²) in [6, 6.07) is -2.24. The van der Waals surface area contributed by atoms with E-state index in [9.17, 15) is 49.1 Å². The van der Waals surface area contributed by atoms with Gasteiger partial charge in [0.2, 0.25) is 0 Å². The third-order valence-corrected chi connectivity index (χ3v) is 17.2. The van der Waals surface area contributed by atoms with E-state index in [2.05, 4.69) is 25.8 Å². The van der Waals surface area contributed by atoms with Crippen molar-refractivity contribution in [3.05, 3.63) is 0 Å². The Morgan fingerprint density at radius 3 is 1.91 bits per heavy atom. The van der Waals surface area contributed by atoms with Crippen LogP contribution in [-0.4, -0.2) is 127 Å². The van der Waals surface area contributed by atoms with Crippen LogP contribution in [0.25, 0.3) is 0 Å². The molecule has 6 aliphatic rings. The summed E-state index contributed by atoms with van der Waals surface area (Å²) in [7, 11) is -12.2. The van der Waals surface area contributed by atoms with Crippen molar-refractivity contribution in [2.45, 2.75) is 173 Å². The van der Waals surface area contributed by atoms with Crippen LogP contribution in [0.5, 0.6) is 0 Å². The molecular weight excluding hydrogens is 755 g/mol. The van der Waals surface area contributed by atoms with Crippen molar-refractivity contribution in [1.29, 1.82) is 0 Å². The second-order valence-electron chi connectivity index (χ2n) is 16.7. The number of fused-ring (bicyclic) bond motifs is 2. The Morgan fingerprint density at radius 1 is 0.585 bits per heavy atom. The number of rotatable bonds is 10. The number of ether oxygens (including phenoxy) is 1. The van der Waals surface area contributed by atoms with Crippen molar-refractivity contribution in [1.82, 2.24) is 5.32 Å². The first kappa shape index (κ1) is 41.4. The second-order valence-corrected chi connectivity index (χ2v) is 21.6. The number of azo groups is 2. The summed E-state index contributed by atoms with van der Waals surface area (Å²) in [5.41, 5.74) is 0. The molecule has 53 heavy (non-hydrogen) atoms. The Kier molecular flexibility index (Phi) is 13.0. The molecule has 0 heterocycles. The molecule has 0 amide bonds. The number of methoxy groups -OCH3 is 1. The number of aliphatic hydroxyl groups is 2. The molecule has 6 saturated carbocycles. The molecule has 0 saturated heterocycles. The first-order valence-electron chi connectivity index (χ1n) is 19.3. The minimum Gasteiger partial charge on any atom is -0.391 e. The third-order valence-electron chi connectivity index (χ3n) is 13.4. The molecule has 20 heteroatoms. The molecule has 15 atom stereocenters. The largest absolute Gasteiger partial charge is 0.391 e. The van der Waals surface area contributed by atoms with Crippen molar-refractivity contribution < 1.29 is 53.9 Å². The minimum atomic E-state index is -4.57. The van der Waals surface area contributed by atoms with E-state index < -0.39 is 94.4 Å². The van der Waals surface area contributed by atoms with Gasteiger partial charge in [-0.2, -0.15) is 45.7 Å². The van der Waals surface area contributed by atoms with Gasteiger partial charge in [0, 0.05) is 32.0 Å². The van der Waals surface area contributed by atoms with Gasteiger partial charge in [-0.1, -0.05) is 19.3 Å². The molecule has 6 rings (SSSR count). The minimum absolute atomic E-state index is 0.0464. The highest BCUT2D eigenvalue weighted by Gasteiger charge is 2.52. The summed E-state index contributed by atoms with van der Waals surface area (Å²) in [5, 5.41) is 40.1. The van der Waals surface area contributed by atoms with Crippen molar-refractivity contribution in [3.63, 3.8) is 0 Å². The van der Waals surface area contributed by atoms with Gasteiger partial charge in [0.05, 0.1) is 46.9 Å². The van der Waals surface area contributed by atoms with Crippen molar-refractivity contribution >= 4 is 30.4 Å². The summed E-state index contributed by atoms with van der Waals surface area (Å²) in [5.74, 6) is -1.18. The molecule has 0 bridgehead atoms. The molecule has 0 spiro atoms. The molecule has 6 N–H and O–H groups in total. The van der Waals surface area contributed by atoms with Gasteiger partial charge in [-0.05, 0) is 94.3 Å². The SMILES string of the molecule is COC1CC(N=NC2C(O)C3CCC(NC4CCCCC4)CC3CC2S(=O)(=O)O)C(O)CC1N=NC1CCC2C(C1)CC(S(=O)(=O)O)CC2S(=O)(=O)O. The van der Waals surface area contributed by atoms with E-state index in [4.69, 9.17) is 4.74 Å². The Balaban J connectivity index is 1.08. The zero-order valence-corrected chi connectivity index (χ0v) is 32.6. The summed E-state index contributed by atoms with van der Waals surface area (Å²) < 4.78 is 109. The molecule has 15 unspecified atom stereocenters. The predicted octanol–water partition coefficient (Wildman–Crippen LogP) is 2.99. The molecule has 0 aromatic rings. The lowest BCUT2D eigenvalue weighted by molar-refractivity contribution is -0.0179. The second kappa shape index (κ2) is 16.7. The lowest BCUT2D eigenvalue weighted by atomic mass is 9.66. The van der Waals surface area contributed by atoms with Crippen LogP contribution in [0.4, 0.5) is 0 Å². The highest BCUT2D eigenvalue weighted by molar-refractivity contribution is 7.87. The normalized spacial score (nSPS) is 43.8. The van der Waals surface area contributed by atoms with Gasteiger partial charge in [0.25, 0.3) is 30.4 Å². The molecule has 304 valence electrons. The average Bonchev–Trinajstić information content (AvgIpc) is 3.09. The zero-order valence-electron chi connectivity index (χ0n) is 30.2. The Hall–Kier alpha value is -1.23. The van der Waals surface area contributed by atoms with Crippen LogP contribution in [-0.2, 0) is 35.1 Å². The van der Waals surface area contributed by atoms with Crippen molar-refractivity contribution in [2.24, 2.45) is 44.1 Å². The van der Waals surface area contributed by atoms with Gasteiger partial charge in [-0.15, -0.1) is 0 Å². The molecule has 6 fully saturated rings. The fraction of sp³-hybridized carbons (Fsp3) is 1.00. The van der Waals surface area contributed by atoms with E-state index in [0.717, 1.165) is 25.7 Å². The summed E-state index contributed by atoms with van der Waals surface area (Å²) in [6.07, 6.45) is 6.74. The van der Waals surface area contributed by atoms with Gasteiger partial charge >= 0.3 is 0 Å². The standard InChI is InChI=1S/C33H57N5O12S3/c1-50-29-17-26(28(39)16-27(29)37-35-22-8-9-24-18(12-22)13-23(51(41,42)43)15-30(24)52(44,45)46)36-38-32-31(53(47,48)49)14-19-11-21(7-10-25(19)33(32)40)34-20-5-3-2-4-6-20/h18-34,39-40H,2-17H2,1H3,(H,41,42,43)(H,44,45,46)(H,47,48,49). The van der Waals surface area contributed by atoms with Gasteiger partial charge < -0.3 is 20.3 Å². The number of hydrogen-bond donors (Lipinski definition) is 6. The summed E-state index contributed by atoms with van der Waals surface area (Å²) in [4.78, 5) is 0. The van der Waals surface area contributed by atoms with E-state index >= 15 is 0 Å². The molecule has 0 aliphatic heterocycles. The number of aliphatic hydroxyl groups excluding tert-OH is 2. The Morgan fingerprint density at radius 2 is 1.25 bits per heavy atom. The van der Waals surface area contributed by atoms with Gasteiger partial charge in [0.15, 0.2) is 0 Å². The van der Waals surface area contributed by atoms with Crippen molar-refractivity contribution in [3.8, 4) is 0 Å². The van der Waals surface area contributed by atoms with Crippen LogP contribution in [0, 0.1) is 23.7 Å². The summed E-state index contributed by atoms with van der Waals surface area (Å²) in [6.45, 7) is 0. The lowest BCUT2D eigenvalue weighted by Crippen LogP contribution is -2.56. The maximum absolute atomic E-state index is 12.6. The van der Waals surface area contributed by atoms with E-state index in [1.807, 2.05) is 0 Å². The van der Waals surface area contributed by atoms with Crippen molar-refractivity contribution in [2.75, 3.05) is 7.11 Å². The van der Waals surface area contributed by atoms with Crippen LogP contribution in [0.3, 0.4) is 0 Å². The van der Waals surface area contributed by atoms with Crippen LogP contribution in [0.15, 0.2) is 20.5 Å². The van der Waals surface area contributed by atoms with E-state index in [-0.39, 0.29) is 56.0 Å². The molecule has 17 nitrogen and oxygen atoms in total. The monoisotopic (exact) mass is 811 g/mol. The summed E-state index contributed by atoms with van der Waals surface area (Å²) >= 11 is 0. The molecule has 6 aliphatic carbocycles. The van der Waals surface area contributed by atoms with Gasteiger partial charge in [0.1, 0.15) is 11.3 Å². The maximum atomic E-state index is 12.6. The number of nitrogens with zero attached hydrogens (tertiary/aromatic N) is 4. The average molecular weight is 812 g/mol. The fourth-order valence-electron chi connectivity index (χ4n) is 10.6. The first-order valence-corrected chi connectivity index (χ1v) is 23.8. The fourth-order valence-corrected chi connectivity index (χ4v) is 14.0. The third kappa shape index (κ3) is 9.84. The van der Waals surface area contributed by atoms with Gasteiger partial charge in [-0.25, -0.2) is 0 Å². The number of nitrogens with one attached hydrogen (secondary N) is 1.